The molecule has 0 aliphatic rings. The minimum absolute atomic E-state index is 0.0303. The summed E-state index contributed by atoms with van der Waals surface area (Å²) < 4.78 is 1.86. The molecule has 0 fully saturated rings. The Kier molecular flexibility index (Phi) is 4.57. The zero-order chi connectivity index (χ0) is 13.0. The number of nitrogen functional groups attached to an aromatic ring is 1. The number of amides is 1. The van der Waals surface area contributed by atoms with Crippen LogP contribution in [-0.4, -0.2) is 40.2 Å². The Morgan fingerprint density at radius 3 is 2.71 bits per heavy atom. The van der Waals surface area contributed by atoms with Crippen molar-refractivity contribution in [2.24, 2.45) is 0 Å². The molecule has 5 heteroatoms. The van der Waals surface area contributed by atoms with Gasteiger partial charge in [-0.15, -0.1) is 0 Å². The summed E-state index contributed by atoms with van der Waals surface area (Å²) in [6.45, 7) is 6.77. The number of carbonyl (C=O) groups is 1. The van der Waals surface area contributed by atoms with Gasteiger partial charge in [-0.2, -0.15) is 0 Å². The van der Waals surface area contributed by atoms with Gasteiger partial charge in [0.15, 0.2) is 0 Å². The van der Waals surface area contributed by atoms with Crippen molar-refractivity contribution in [2.75, 3.05) is 25.4 Å². The molecule has 0 aliphatic heterocycles. The summed E-state index contributed by atoms with van der Waals surface area (Å²) in [7, 11) is 0. The highest BCUT2D eigenvalue weighted by molar-refractivity contribution is 5.93. The van der Waals surface area contributed by atoms with Crippen LogP contribution in [-0.2, 0) is 0 Å². The summed E-state index contributed by atoms with van der Waals surface area (Å²) in [4.78, 5) is 13.8. The molecule has 1 aromatic heterocycles. The molecule has 0 saturated carbocycles. The lowest BCUT2D eigenvalue weighted by molar-refractivity contribution is 0.0719. The van der Waals surface area contributed by atoms with Crippen LogP contribution in [0.2, 0.25) is 0 Å². The molecule has 0 atom stereocenters. The first-order valence-corrected chi connectivity index (χ1v) is 5.88. The van der Waals surface area contributed by atoms with Gasteiger partial charge in [-0.05, 0) is 26.8 Å². The van der Waals surface area contributed by atoms with Gasteiger partial charge in [-0.3, -0.25) is 4.79 Å². The number of aliphatic hydroxyl groups is 1. The Morgan fingerprint density at radius 2 is 2.24 bits per heavy atom. The van der Waals surface area contributed by atoms with Gasteiger partial charge in [-0.25, -0.2) is 0 Å². The lowest BCUT2D eigenvalue weighted by Crippen LogP contribution is -2.34. The zero-order valence-electron chi connectivity index (χ0n) is 10.7. The number of hydrogen-bond acceptors (Lipinski definition) is 3. The Labute approximate surface area is 102 Å². The molecular formula is C12H21N3O2. The van der Waals surface area contributed by atoms with Gasteiger partial charge >= 0.3 is 0 Å². The van der Waals surface area contributed by atoms with Crippen LogP contribution in [0.3, 0.4) is 0 Å². The van der Waals surface area contributed by atoms with Gasteiger partial charge < -0.3 is 20.3 Å². The van der Waals surface area contributed by atoms with Crippen molar-refractivity contribution in [2.45, 2.75) is 26.8 Å². The highest BCUT2D eigenvalue weighted by atomic mass is 16.3. The van der Waals surface area contributed by atoms with Gasteiger partial charge in [0.1, 0.15) is 5.69 Å². The van der Waals surface area contributed by atoms with Crippen molar-refractivity contribution in [3.63, 3.8) is 0 Å². The van der Waals surface area contributed by atoms with Crippen molar-refractivity contribution in [1.82, 2.24) is 9.47 Å². The van der Waals surface area contributed by atoms with E-state index in [4.69, 9.17) is 10.8 Å². The molecule has 0 unspecified atom stereocenters. The maximum absolute atomic E-state index is 12.2. The minimum atomic E-state index is -0.0908. The Morgan fingerprint density at radius 1 is 1.59 bits per heavy atom. The molecular weight excluding hydrogens is 218 g/mol. The molecule has 1 rings (SSSR count). The van der Waals surface area contributed by atoms with E-state index in [1.54, 1.807) is 17.2 Å². The minimum Gasteiger partial charge on any atom is -0.397 e. The van der Waals surface area contributed by atoms with Crippen molar-refractivity contribution in [3.05, 3.63) is 18.0 Å². The number of nitrogens with zero attached hydrogens (tertiary/aromatic N) is 2. The Hall–Kier alpha value is -1.49. The number of carbonyl (C=O) groups excluding carboxylic acids is 1. The molecule has 96 valence electrons. The molecule has 0 bridgehead atoms. The van der Waals surface area contributed by atoms with Gasteiger partial charge in [0.2, 0.25) is 0 Å². The van der Waals surface area contributed by atoms with E-state index in [0.29, 0.717) is 24.5 Å². The van der Waals surface area contributed by atoms with Gasteiger partial charge in [0.05, 0.1) is 12.3 Å². The fourth-order valence-electron chi connectivity index (χ4n) is 1.79. The third-order valence-corrected chi connectivity index (χ3v) is 2.68. The predicted molar refractivity (Wildman–Crippen MR) is 67.9 cm³/mol. The third kappa shape index (κ3) is 3.00. The topological polar surface area (TPSA) is 71.5 Å². The van der Waals surface area contributed by atoms with E-state index in [-0.39, 0.29) is 18.6 Å². The normalized spacial score (nSPS) is 10.9. The summed E-state index contributed by atoms with van der Waals surface area (Å²) in [5.74, 6) is -0.0908. The lowest BCUT2D eigenvalue weighted by atomic mass is 10.3. The number of anilines is 1. The second-order valence-corrected chi connectivity index (χ2v) is 4.27. The van der Waals surface area contributed by atoms with E-state index in [9.17, 15) is 4.79 Å². The van der Waals surface area contributed by atoms with E-state index >= 15 is 0 Å². The number of aliphatic hydroxyl groups excluding tert-OH is 1. The van der Waals surface area contributed by atoms with E-state index in [1.165, 1.54) is 0 Å². The summed E-state index contributed by atoms with van der Waals surface area (Å²) >= 11 is 0. The summed E-state index contributed by atoms with van der Waals surface area (Å²) in [5.41, 5.74) is 6.89. The Balaban J connectivity index is 3.01. The van der Waals surface area contributed by atoms with Crippen molar-refractivity contribution < 1.29 is 9.90 Å². The van der Waals surface area contributed by atoms with Gasteiger partial charge in [0.25, 0.3) is 5.91 Å². The van der Waals surface area contributed by atoms with Crippen LogP contribution in [0, 0.1) is 0 Å². The number of aromatic nitrogens is 1. The van der Waals surface area contributed by atoms with E-state index in [2.05, 4.69) is 0 Å². The van der Waals surface area contributed by atoms with Crippen molar-refractivity contribution in [1.29, 1.82) is 0 Å². The average molecular weight is 239 g/mol. The number of nitrogens with two attached hydrogens (primary N) is 1. The second kappa shape index (κ2) is 5.72. The van der Waals surface area contributed by atoms with Crippen LogP contribution >= 0.6 is 0 Å². The van der Waals surface area contributed by atoms with E-state index < -0.39 is 0 Å². The van der Waals surface area contributed by atoms with Crippen LogP contribution in [0.4, 0.5) is 5.69 Å². The quantitative estimate of drug-likeness (QED) is 0.808. The largest absolute Gasteiger partial charge is 0.397 e. The molecule has 0 aromatic carbocycles. The van der Waals surface area contributed by atoms with Crippen LogP contribution in [0.1, 0.15) is 37.3 Å². The first-order valence-electron chi connectivity index (χ1n) is 5.88. The SMILES string of the molecule is CCN(CCO)C(=O)c1cc(N)cn1C(C)C. The second-order valence-electron chi connectivity index (χ2n) is 4.27. The molecule has 0 saturated heterocycles. The smallest absolute Gasteiger partial charge is 0.270 e. The summed E-state index contributed by atoms with van der Waals surface area (Å²) in [5, 5.41) is 8.92. The molecule has 1 heterocycles. The number of likely N-dealkylation sites (N-methyl/N-ethyl adjacent to an activating group) is 1. The fraction of sp³-hybridized carbons (Fsp3) is 0.583. The Bertz CT molecular complexity index is 385. The first-order chi connectivity index (χ1) is 8.01. The maximum atomic E-state index is 12.2. The monoisotopic (exact) mass is 239 g/mol. The molecule has 5 nitrogen and oxygen atoms in total. The standard InChI is InChI=1S/C12H21N3O2/c1-4-14(5-6-16)12(17)11-7-10(13)8-15(11)9(2)3/h7-9,16H,4-6,13H2,1-3H3. The molecule has 1 amide bonds. The molecule has 17 heavy (non-hydrogen) atoms. The van der Waals surface area contributed by atoms with E-state index in [0.717, 1.165) is 0 Å². The van der Waals surface area contributed by atoms with Crippen LogP contribution < -0.4 is 5.73 Å². The van der Waals surface area contributed by atoms with Crippen molar-refractivity contribution >= 4 is 11.6 Å². The number of hydrogen-bond donors (Lipinski definition) is 2. The zero-order valence-corrected chi connectivity index (χ0v) is 10.7. The van der Waals surface area contributed by atoms with Crippen molar-refractivity contribution in [3.8, 4) is 0 Å². The lowest BCUT2D eigenvalue weighted by Gasteiger charge is -2.21. The summed E-state index contributed by atoms with van der Waals surface area (Å²) in [6.07, 6.45) is 1.77. The first kappa shape index (κ1) is 13.6. The predicted octanol–water partition coefficient (Wildman–Crippen LogP) is 1.11. The van der Waals surface area contributed by atoms with Crippen LogP contribution in [0.25, 0.3) is 0 Å². The highest BCUT2D eigenvalue weighted by Crippen LogP contribution is 2.18. The molecule has 0 spiro atoms. The average Bonchev–Trinajstić information content (AvgIpc) is 2.67. The van der Waals surface area contributed by atoms with Gasteiger partial charge in [-0.1, -0.05) is 0 Å². The number of rotatable bonds is 5. The van der Waals surface area contributed by atoms with E-state index in [1.807, 2.05) is 25.3 Å². The van der Waals surface area contributed by atoms with Crippen LogP contribution in [0.15, 0.2) is 12.3 Å². The third-order valence-electron chi connectivity index (χ3n) is 2.68. The highest BCUT2D eigenvalue weighted by Gasteiger charge is 2.19. The molecule has 1 aromatic rings. The molecule has 0 radical (unpaired) electrons. The molecule has 0 aliphatic carbocycles. The maximum Gasteiger partial charge on any atom is 0.270 e. The van der Waals surface area contributed by atoms with Gasteiger partial charge in [0, 0.05) is 25.3 Å². The van der Waals surface area contributed by atoms with Crippen LogP contribution in [0.5, 0.6) is 0 Å². The summed E-state index contributed by atoms with van der Waals surface area (Å²) in [6, 6.07) is 1.86. The molecule has 3 N–H and O–H groups in total. The fourth-order valence-corrected chi connectivity index (χ4v) is 1.79.